The van der Waals surface area contributed by atoms with E-state index in [0.717, 1.165) is 6.07 Å². The summed E-state index contributed by atoms with van der Waals surface area (Å²) in [6, 6.07) is 0.978. The van der Waals surface area contributed by atoms with Gasteiger partial charge in [-0.2, -0.15) is 5.10 Å². The molecule has 0 radical (unpaired) electrons. The Bertz CT molecular complexity index is 795. The number of anilines is 1. The van der Waals surface area contributed by atoms with E-state index in [4.69, 9.17) is 17.3 Å². The SMILES string of the molecule is Cn1cnc(CNS(=O)(=O)c2cc(Cl)c(Br)c(N)c2F)n1. The second kappa shape index (κ2) is 5.87. The van der Waals surface area contributed by atoms with E-state index in [2.05, 4.69) is 30.7 Å². The number of hydrogen-bond donors (Lipinski definition) is 2. The number of benzene rings is 1. The average Bonchev–Trinajstić information content (AvgIpc) is 2.84. The van der Waals surface area contributed by atoms with Gasteiger partial charge < -0.3 is 5.73 Å². The van der Waals surface area contributed by atoms with Crippen molar-refractivity contribution in [2.75, 3.05) is 5.73 Å². The number of sulfonamides is 1. The largest absolute Gasteiger partial charge is 0.395 e. The maximum atomic E-state index is 14.0. The molecule has 7 nitrogen and oxygen atoms in total. The summed E-state index contributed by atoms with van der Waals surface area (Å²) in [7, 11) is -2.50. The molecule has 1 aromatic carbocycles. The highest BCUT2D eigenvalue weighted by Crippen LogP contribution is 2.34. The number of nitrogens with one attached hydrogen (secondary N) is 1. The second-order valence-electron chi connectivity index (χ2n) is 4.06. The molecule has 1 aromatic heterocycles. The van der Waals surface area contributed by atoms with Crippen molar-refractivity contribution < 1.29 is 12.8 Å². The zero-order valence-electron chi connectivity index (χ0n) is 10.6. The number of hydrogen-bond acceptors (Lipinski definition) is 5. The lowest BCUT2D eigenvalue weighted by molar-refractivity contribution is 0.556. The third-order valence-corrected chi connectivity index (χ3v) is 5.29. The summed E-state index contributed by atoms with van der Waals surface area (Å²) in [5.41, 5.74) is 5.09. The molecule has 0 saturated heterocycles. The van der Waals surface area contributed by atoms with Gasteiger partial charge in [-0.05, 0) is 22.0 Å². The van der Waals surface area contributed by atoms with Crippen LogP contribution in [0.2, 0.25) is 5.02 Å². The van der Waals surface area contributed by atoms with E-state index < -0.39 is 20.7 Å². The Morgan fingerprint density at radius 3 is 2.81 bits per heavy atom. The van der Waals surface area contributed by atoms with Gasteiger partial charge in [0.1, 0.15) is 11.2 Å². The lowest BCUT2D eigenvalue weighted by Crippen LogP contribution is -2.25. The summed E-state index contributed by atoms with van der Waals surface area (Å²) < 4.78 is 41.9. The van der Waals surface area contributed by atoms with Crippen molar-refractivity contribution in [3.05, 3.63) is 33.5 Å². The molecule has 2 aromatic rings. The Morgan fingerprint density at radius 1 is 1.57 bits per heavy atom. The van der Waals surface area contributed by atoms with Crippen molar-refractivity contribution in [2.24, 2.45) is 7.05 Å². The first-order valence-corrected chi connectivity index (χ1v) is 8.15. The lowest BCUT2D eigenvalue weighted by atomic mass is 10.3. The van der Waals surface area contributed by atoms with Crippen LogP contribution in [0, 0.1) is 5.82 Å². The van der Waals surface area contributed by atoms with E-state index in [1.54, 1.807) is 7.05 Å². The van der Waals surface area contributed by atoms with Crippen molar-refractivity contribution in [3.63, 3.8) is 0 Å². The third kappa shape index (κ3) is 3.34. The lowest BCUT2D eigenvalue weighted by Gasteiger charge is -2.10. The maximum Gasteiger partial charge on any atom is 0.244 e. The molecule has 0 fully saturated rings. The number of nitrogen functional groups attached to an aromatic ring is 1. The van der Waals surface area contributed by atoms with Crippen LogP contribution in [0.1, 0.15) is 5.82 Å². The van der Waals surface area contributed by atoms with Gasteiger partial charge in [0.05, 0.1) is 21.7 Å². The topological polar surface area (TPSA) is 103 Å². The normalized spacial score (nSPS) is 11.8. The number of halogens is 3. The van der Waals surface area contributed by atoms with Gasteiger partial charge in [0.15, 0.2) is 11.6 Å². The Kier molecular flexibility index (Phi) is 4.51. The Labute approximate surface area is 133 Å². The first-order valence-electron chi connectivity index (χ1n) is 5.49. The maximum absolute atomic E-state index is 14.0. The minimum atomic E-state index is -4.14. The number of aryl methyl sites for hydroxylation is 1. The Balaban J connectivity index is 2.32. The van der Waals surface area contributed by atoms with E-state index in [1.807, 2.05) is 0 Å². The summed E-state index contributed by atoms with van der Waals surface area (Å²) >= 11 is 8.78. The molecule has 0 amide bonds. The summed E-state index contributed by atoms with van der Waals surface area (Å²) in [6.07, 6.45) is 1.42. The Hall–Kier alpha value is -1.23. The van der Waals surface area contributed by atoms with E-state index >= 15 is 0 Å². The van der Waals surface area contributed by atoms with Gasteiger partial charge in [0.25, 0.3) is 0 Å². The van der Waals surface area contributed by atoms with E-state index in [-0.39, 0.29) is 27.6 Å². The fraction of sp³-hybridized carbons (Fsp3) is 0.200. The van der Waals surface area contributed by atoms with Gasteiger partial charge in [0, 0.05) is 7.05 Å². The van der Waals surface area contributed by atoms with Crippen LogP contribution in [-0.2, 0) is 23.6 Å². The minimum absolute atomic E-state index is 0.00904. The predicted octanol–water partition coefficient (Wildman–Crippen LogP) is 1.43. The van der Waals surface area contributed by atoms with Crippen LogP contribution in [0.3, 0.4) is 0 Å². The first-order chi connectivity index (χ1) is 9.72. The molecule has 11 heteroatoms. The van der Waals surface area contributed by atoms with Gasteiger partial charge >= 0.3 is 0 Å². The fourth-order valence-corrected chi connectivity index (χ4v) is 3.15. The highest BCUT2D eigenvalue weighted by molar-refractivity contribution is 9.10. The van der Waals surface area contributed by atoms with E-state index in [0.29, 0.717) is 0 Å². The molecule has 0 spiro atoms. The predicted molar refractivity (Wildman–Crippen MR) is 78.6 cm³/mol. The molecule has 0 aliphatic rings. The van der Waals surface area contributed by atoms with Gasteiger partial charge in [-0.15, -0.1) is 0 Å². The molecule has 0 atom stereocenters. The molecular formula is C10H10BrClFN5O2S. The zero-order chi connectivity index (χ0) is 15.8. The summed E-state index contributed by atoms with van der Waals surface area (Å²) in [6.45, 7) is -0.184. The first kappa shape index (κ1) is 16.1. The van der Waals surface area contributed by atoms with E-state index in [9.17, 15) is 12.8 Å². The van der Waals surface area contributed by atoms with Crippen LogP contribution in [0.25, 0.3) is 0 Å². The molecule has 0 aliphatic heterocycles. The molecule has 0 unspecified atom stereocenters. The molecule has 21 heavy (non-hydrogen) atoms. The highest BCUT2D eigenvalue weighted by atomic mass is 79.9. The zero-order valence-corrected chi connectivity index (χ0v) is 13.8. The van der Waals surface area contributed by atoms with Gasteiger partial charge in [-0.25, -0.2) is 22.5 Å². The van der Waals surface area contributed by atoms with Crippen LogP contribution in [0.4, 0.5) is 10.1 Å². The van der Waals surface area contributed by atoms with Crippen molar-refractivity contribution >= 4 is 43.2 Å². The summed E-state index contributed by atoms with van der Waals surface area (Å²) in [5.74, 6) is -0.828. The van der Waals surface area contributed by atoms with Crippen molar-refractivity contribution in [1.82, 2.24) is 19.5 Å². The molecule has 2 rings (SSSR count). The second-order valence-corrected chi connectivity index (χ2v) is 6.99. The number of rotatable bonds is 4. The fourth-order valence-electron chi connectivity index (χ4n) is 1.50. The average molecular weight is 399 g/mol. The standard InChI is InChI=1S/C10H10BrClFN5O2S/c1-18-4-15-7(17-18)3-16-21(19,20)6-2-5(12)8(11)10(14)9(6)13/h2,4,16H,3,14H2,1H3. The monoisotopic (exact) mass is 397 g/mol. The van der Waals surface area contributed by atoms with Crippen molar-refractivity contribution in [1.29, 1.82) is 0 Å². The number of aromatic nitrogens is 3. The van der Waals surface area contributed by atoms with Crippen LogP contribution in [-0.4, -0.2) is 23.2 Å². The van der Waals surface area contributed by atoms with Gasteiger partial charge in [0.2, 0.25) is 10.0 Å². The minimum Gasteiger partial charge on any atom is -0.395 e. The summed E-state index contributed by atoms with van der Waals surface area (Å²) in [4.78, 5) is 3.22. The van der Waals surface area contributed by atoms with Gasteiger partial charge in [-0.3, -0.25) is 4.68 Å². The molecular weight excluding hydrogens is 389 g/mol. The van der Waals surface area contributed by atoms with Crippen LogP contribution in [0.5, 0.6) is 0 Å². The molecule has 0 bridgehead atoms. The van der Waals surface area contributed by atoms with Crippen LogP contribution < -0.4 is 10.5 Å². The molecule has 114 valence electrons. The van der Waals surface area contributed by atoms with Crippen molar-refractivity contribution in [3.8, 4) is 0 Å². The van der Waals surface area contributed by atoms with Crippen LogP contribution >= 0.6 is 27.5 Å². The number of nitrogens with zero attached hydrogens (tertiary/aromatic N) is 3. The smallest absolute Gasteiger partial charge is 0.244 e. The third-order valence-electron chi connectivity index (χ3n) is 2.51. The molecule has 3 N–H and O–H groups in total. The van der Waals surface area contributed by atoms with Crippen molar-refractivity contribution in [2.45, 2.75) is 11.4 Å². The number of nitrogens with two attached hydrogens (primary N) is 1. The van der Waals surface area contributed by atoms with Gasteiger partial charge in [-0.1, -0.05) is 11.6 Å². The Morgan fingerprint density at radius 2 is 2.24 bits per heavy atom. The molecule has 0 saturated carbocycles. The van der Waals surface area contributed by atoms with Crippen LogP contribution in [0.15, 0.2) is 21.8 Å². The quantitative estimate of drug-likeness (QED) is 0.599. The molecule has 0 aliphatic carbocycles. The summed E-state index contributed by atoms with van der Waals surface area (Å²) in [5, 5.41) is 3.90. The van der Waals surface area contributed by atoms with E-state index in [1.165, 1.54) is 11.0 Å². The highest BCUT2D eigenvalue weighted by Gasteiger charge is 2.24. The molecule has 1 heterocycles.